The molecule has 0 aromatic rings. The van der Waals surface area contributed by atoms with Crippen LogP contribution in [-0.2, 0) is 0 Å². The van der Waals surface area contributed by atoms with Crippen LogP contribution < -0.4 is 0 Å². The number of alkyl halides is 7. The molecule has 0 saturated carbocycles. The topological polar surface area (TPSA) is 0 Å². The summed E-state index contributed by atoms with van der Waals surface area (Å²) in [4.78, 5) is 0. The van der Waals surface area contributed by atoms with Gasteiger partial charge in [-0.1, -0.05) is 20.8 Å². The molecule has 0 amide bonds. The molecule has 0 spiro atoms. The van der Waals surface area contributed by atoms with Gasteiger partial charge in [0.15, 0.2) is 5.83 Å². The van der Waals surface area contributed by atoms with Crippen LogP contribution >= 0.6 is 0 Å². The molecule has 112 valence electrons. The van der Waals surface area contributed by atoms with E-state index in [1.807, 2.05) is 0 Å². The highest BCUT2D eigenvalue weighted by molar-refractivity contribution is 5.37. The zero-order valence-electron chi connectivity index (χ0n) is 10.5. The first-order valence-corrected chi connectivity index (χ1v) is 5.26. The molecule has 0 bridgehead atoms. The number of halogens is 8. The summed E-state index contributed by atoms with van der Waals surface area (Å²) in [6.45, 7) is 1.84. The molecule has 1 aliphatic rings. The van der Waals surface area contributed by atoms with Gasteiger partial charge in [-0.2, -0.15) is 26.3 Å². The van der Waals surface area contributed by atoms with Crippen molar-refractivity contribution in [2.75, 3.05) is 0 Å². The van der Waals surface area contributed by atoms with Crippen molar-refractivity contribution in [3.63, 3.8) is 0 Å². The molecular weight excluding hydrogens is 284 g/mol. The monoisotopic (exact) mass is 296 g/mol. The minimum Gasteiger partial charge on any atom is -0.229 e. The van der Waals surface area contributed by atoms with E-state index in [-0.39, 0.29) is 6.92 Å². The summed E-state index contributed by atoms with van der Waals surface area (Å²) < 4.78 is 109. The Balaban J connectivity index is 3.84. The van der Waals surface area contributed by atoms with Crippen LogP contribution in [-0.4, -0.2) is 23.4 Å². The molecule has 1 rings (SSSR count). The minimum absolute atomic E-state index is 0.0966. The van der Waals surface area contributed by atoms with E-state index >= 15 is 0 Å². The number of hydrogen-bond acceptors (Lipinski definition) is 0. The van der Waals surface area contributed by atoms with Crippen LogP contribution in [0, 0.1) is 5.41 Å². The highest BCUT2D eigenvalue weighted by Crippen LogP contribution is 2.66. The van der Waals surface area contributed by atoms with Crippen molar-refractivity contribution in [2.24, 2.45) is 5.41 Å². The quantitative estimate of drug-likeness (QED) is 0.557. The van der Waals surface area contributed by atoms with Gasteiger partial charge in [-0.25, -0.2) is 8.78 Å². The predicted molar refractivity (Wildman–Crippen MR) is 51.9 cm³/mol. The summed E-state index contributed by atoms with van der Waals surface area (Å²) in [5.41, 5.74) is -9.83. The summed E-state index contributed by atoms with van der Waals surface area (Å²) in [6, 6.07) is 0. The lowest BCUT2D eigenvalue weighted by Gasteiger charge is -2.51. The first-order chi connectivity index (χ1) is 8.07. The fourth-order valence-electron chi connectivity index (χ4n) is 2.12. The maximum absolute atomic E-state index is 14.3. The first kappa shape index (κ1) is 16.2. The molecule has 0 nitrogen and oxygen atoms in total. The Morgan fingerprint density at radius 3 is 1.47 bits per heavy atom. The molecule has 0 radical (unpaired) electrons. The van der Waals surface area contributed by atoms with Crippen LogP contribution in [0.5, 0.6) is 0 Å². The molecule has 0 aromatic heterocycles. The number of allylic oxidation sites excluding steroid dienone is 2. The van der Waals surface area contributed by atoms with Crippen LogP contribution in [0.2, 0.25) is 0 Å². The van der Waals surface area contributed by atoms with Gasteiger partial charge >= 0.3 is 17.8 Å². The van der Waals surface area contributed by atoms with Gasteiger partial charge in [-0.15, -0.1) is 0 Å². The molecule has 1 unspecified atom stereocenters. The average molecular weight is 296 g/mol. The maximum Gasteiger partial charge on any atom is 0.354 e. The molecule has 0 fully saturated rings. The SMILES string of the molecule is CC1=C(F)C(F)(F)C(F)(C(C)(C)C)C(F)(F)C1(F)F. The Bertz CT molecular complexity index is 428. The molecular formula is C11H12F8. The van der Waals surface area contributed by atoms with Crippen molar-refractivity contribution in [3.8, 4) is 0 Å². The average Bonchev–Trinajstić information content (AvgIpc) is 2.21. The first-order valence-electron chi connectivity index (χ1n) is 5.26. The second-order valence-electron chi connectivity index (χ2n) is 5.57. The summed E-state index contributed by atoms with van der Waals surface area (Å²) >= 11 is 0. The van der Waals surface area contributed by atoms with Crippen molar-refractivity contribution < 1.29 is 35.1 Å². The van der Waals surface area contributed by atoms with Gasteiger partial charge < -0.3 is 0 Å². The normalized spacial score (nSPS) is 33.5. The summed E-state index contributed by atoms with van der Waals surface area (Å²) in [5.74, 6) is -19.3. The van der Waals surface area contributed by atoms with E-state index in [1.54, 1.807) is 0 Å². The zero-order valence-corrected chi connectivity index (χ0v) is 10.5. The van der Waals surface area contributed by atoms with Gasteiger partial charge in [0.25, 0.3) is 5.67 Å². The molecule has 0 aromatic carbocycles. The predicted octanol–water partition coefficient (Wildman–Crippen LogP) is 4.90. The Morgan fingerprint density at radius 1 is 0.789 bits per heavy atom. The molecule has 0 saturated heterocycles. The van der Waals surface area contributed by atoms with Crippen molar-refractivity contribution in [1.82, 2.24) is 0 Å². The maximum atomic E-state index is 14.3. The van der Waals surface area contributed by atoms with Crippen LogP contribution in [0.1, 0.15) is 27.7 Å². The molecule has 0 N–H and O–H groups in total. The van der Waals surface area contributed by atoms with Crippen molar-refractivity contribution in [2.45, 2.75) is 51.1 Å². The lowest BCUT2D eigenvalue weighted by molar-refractivity contribution is -0.345. The third-order valence-electron chi connectivity index (χ3n) is 3.37. The third-order valence-corrected chi connectivity index (χ3v) is 3.37. The van der Waals surface area contributed by atoms with E-state index in [4.69, 9.17) is 0 Å². The molecule has 19 heavy (non-hydrogen) atoms. The number of rotatable bonds is 0. The van der Waals surface area contributed by atoms with E-state index in [2.05, 4.69) is 0 Å². The Kier molecular flexibility index (Phi) is 3.11. The van der Waals surface area contributed by atoms with Crippen molar-refractivity contribution in [1.29, 1.82) is 0 Å². The van der Waals surface area contributed by atoms with Gasteiger partial charge in [-0.3, -0.25) is 0 Å². The third kappa shape index (κ3) is 1.51. The molecule has 1 atom stereocenters. The Labute approximate surface area is 104 Å². The van der Waals surface area contributed by atoms with Gasteiger partial charge in [0.1, 0.15) is 0 Å². The van der Waals surface area contributed by atoms with Crippen LogP contribution in [0.4, 0.5) is 35.1 Å². The zero-order chi connectivity index (χ0) is 15.7. The van der Waals surface area contributed by atoms with Gasteiger partial charge in [-0.05, 0) is 6.92 Å². The van der Waals surface area contributed by atoms with E-state index < -0.39 is 40.3 Å². The van der Waals surface area contributed by atoms with E-state index in [0.717, 1.165) is 0 Å². The largest absolute Gasteiger partial charge is 0.354 e. The standard InChI is InChI=1S/C11H12F8/c1-5-6(12)9(15,16)10(17,7(2,3)4)11(18,19)8(5,13)14/h1-4H3. The van der Waals surface area contributed by atoms with E-state index in [9.17, 15) is 35.1 Å². The molecule has 0 heterocycles. The summed E-state index contributed by atoms with van der Waals surface area (Å²) in [7, 11) is 0. The van der Waals surface area contributed by atoms with E-state index in [0.29, 0.717) is 20.8 Å². The lowest BCUT2D eigenvalue weighted by Crippen LogP contribution is -2.73. The summed E-state index contributed by atoms with van der Waals surface area (Å²) in [5, 5.41) is 0. The van der Waals surface area contributed by atoms with Gasteiger partial charge in [0, 0.05) is 11.0 Å². The molecule has 0 aliphatic heterocycles. The van der Waals surface area contributed by atoms with Crippen LogP contribution in [0.25, 0.3) is 0 Å². The fraction of sp³-hybridized carbons (Fsp3) is 0.818. The lowest BCUT2D eigenvalue weighted by atomic mass is 9.64. The number of hydrogen-bond donors (Lipinski definition) is 0. The van der Waals surface area contributed by atoms with Gasteiger partial charge in [0.05, 0.1) is 0 Å². The molecule has 1 aliphatic carbocycles. The van der Waals surface area contributed by atoms with Crippen molar-refractivity contribution >= 4 is 0 Å². The fourth-order valence-corrected chi connectivity index (χ4v) is 2.12. The van der Waals surface area contributed by atoms with Gasteiger partial charge in [0.2, 0.25) is 0 Å². The van der Waals surface area contributed by atoms with Crippen molar-refractivity contribution in [3.05, 3.63) is 11.4 Å². The highest BCUT2D eigenvalue weighted by atomic mass is 19.3. The van der Waals surface area contributed by atoms with E-state index in [1.165, 1.54) is 0 Å². The second-order valence-corrected chi connectivity index (χ2v) is 5.57. The van der Waals surface area contributed by atoms with Crippen LogP contribution in [0.15, 0.2) is 11.4 Å². The Morgan fingerprint density at radius 2 is 1.16 bits per heavy atom. The Hall–Kier alpha value is -0.820. The minimum atomic E-state index is -5.75. The van der Waals surface area contributed by atoms with Crippen LogP contribution in [0.3, 0.4) is 0 Å². The highest BCUT2D eigenvalue weighted by Gasteiger charge is 2.87. The summed E-state index contributed by atoms with van der Waals surface area (Å²) in [6.07, 6.45) is 0. The molecule has 8 heteroatoms. The smallest absolute Gasteiger partial charge is 0.229 e. The second kappa shape index (κ2) is 3.63.